The van der Waals surface area contributed by atoms with Gasteiger partial charge in [0.25, 0.3) is 0 Å². The topological polar surface area (TPSA) is 41.5 Å². The van der Waals surface area contributed by atoms with Crippen LogP contribution in [0.25, 0.3) is 0 Å². The molecule has 0 aromatic heterocycles. The molecule has 0 aliphatic carbocycles. The molecule has 0 spiro atoms. The zero-order valence-electron chi connectivity index (χ0n) is 12.2. The van der Waals surface area contributed by atoms with Crippen molar-refractivity contribution in [1.82, 2.24) is 5.32 Å². The van der Waals surface area contributed by atoms with Crippen LogP contribution in [0.2, 0.25) is 0 Å². The Hall–Kier alpha value is -0.580. The SMILES string of the molecule is CC(C)CNCc1cc(OCC(C)(C)O)ccc1Br. The summed E-state index contributed by atoms with van der Waals surface area (Å²) in [5.41, 5.74) is 0.345. The van der Waals surface area contributed by atoms with E-state index in [9.17, 15) is 5.11 Å². The first-order chi connectivity index (χ1) is 8.78. The van der Waals surface area contributed by atoms with Crippen LogP contribution < -0.4 is 10.1 Å². The molecule has 0 amide bonds. The summed E-state index contributed by atoms with van der Waals surface area (Å²) in [6, 6.07) is 5.89. The highest BCUT2D eigenvalue weighted by molar-refractivity contribution is 9.10. The third kappa shape index (κ3) is 6.95. The van der Waals surface area contributed by atoms with Gasteiger partial charge < -0.3 is 15.2 Å². The Morgan fingerprint density at radius 2 is 2.05 bits per heavy atom. The summed E-state index contributed by atoms with van der Waals surface area (Å²) in [6.45, 7) is 9.91. The summed E-state index contributed by atoms with van der Waals surface area (Å²) in [5, 5.41) is 13.1. The first kappa shape index (κ1) is 16.5. The molecule has 0 radical (unpaired) electrons. The Bertz CT molecular complexity index is 400. The van der Waals surface area contributed by atoms with E-state index in [1.807, 2.05) is 18.2 Å². The van der Waals surface area contributed by atoms with Crippen molar-refractivity contribution >= 4 is 15.9 Å². The number of hydrogen-bond acceptors (Lipinski definition) is 3. The van der Waals surface area contributed by atoms with Crippen molar-refractivity contribution in [2.75, 3.05) is 13.2 Å². The van der Waals surface area contributed by atoms with Crippen LogP contribution in [-0.4, -0.2) is 23.9 Å². The molecule has 1 rings (SSSR count). The van der Waals surface area contributed by atoms with Crippen LogP contribution in [-0.2, 0) is 6.54 Å². The largest absolute Gasteiger partial charge is 0.491 e. The molecule has 1 aromatic rings. The molecule has 0 fully saturated rings. The third-order valence-corrected chi connectivity index (χ3v) is 3.25. The Balaban J connectivity index is 2.61. The van der Waals surface area contributed by atoms with Crippen molar-refractivity contribution < 1.29 is 9.84 Å². The molecule has 2 N–H and O–H groups in total. The maximum Gasteiger partial charge on any atom is 0.119 e. The fraction of sp³-hybridized carbons (Fsp3) is 0.600. The minimum atomic E-state index is -0.816. The summed E-state index contributed by atoms with van der Waals surface area (Å²) >= 11 is 3.54. The predicted molar refractivity (Wildman–Crippen MR) is 82.5 cm³/mol. The average molecular weight is 330 g/mol. The summed E-state index contributed by atoms with van der Waals surface area (Å²) in [5.74, 6) is 1.42. The van der Waals surface area contributed by atoms with Crippen molar-refractivity contribution in [2.24, 2.45) is 5.92 Å². The number of benzene rings is 1. The lowest BCUT2D eigenvalue weighted by Gasteiger charge is -2.18. The highest BCUT2D eigenvalue weighted by Gasteiger charge is 2.13. The number of halogens is 1. The number of rotatable bonds is 7. The molecule has 108 valence electrons. The number of hydrogen-bond donors (Lipinski definition) is 2. The second kappa shape index (κ2) is 7.27. The van der Waals surface area contributed by atoms with E-state index in [4.69, 9.17) is 4.74 Å². The molecule has 0 saturated carbocycles. The van der Waals surface area contributed by atoms with Gasteiger partial charge in [-0.25, -0.2) is 0 Å². The molecule has 1 aromatic carbocycles. The van der Waals surface area contributed by atoms with E-state index in [1.165, 1.54) is 0 Å². The predicted octanol–water partition coefficient (Wildman–Crippen LogP) is 3.34. The van der Waals surface area contributed by atoms with E-state index in [1.54, 1.807) is 13.8 Å². The van der Waals surface area contributed by atoms with Gasteiger partial charge in [0, 0.05) is 11.0 Å². The van der Waals surface area contributed by atoms with Gasteiger partial charge >= 0.3 is 0 Å². The van der Waals surface area contributed by atoms with E-state index in [-0.39, 0.29) is 6.61 Å². The van der Waals surface area contributed by atoms with Gasteiger partial charge in [-0.15, -0.1) is 0 Å². The maximum absolute atomic E-state index is 9.66. The monoisotopic (exact) mass is 329 g/mol. The number of nitrogens with one attached hydrogen (secondary N) is 1. The van der Waals surface area contributed by atoms with Crippen LogP contribution in [0.1, 0.15) is 33.3 Å². The Morgan fingerprint density at radius 1 is 1.37 bits per heavy atom. The lowest BCUT2D eigenvalue weighted by Crippen LogP contribution is -2.27. The summed E-state index contributed by atoms with van der Waals surface area (Å²) in [7, 11) is 0. The van der Waals surface area contributed by atoms with Gasteiger partial charge in [-0.05, 0) is 50.1 Å². The summed E-state index contributed by atoms with van der Waals surface area (Å²) in [6.07, 6.45) is 0. The minimum Gasteiger partial charge on any atom is -0.491 e. The van der Waals surface area contributed by atoms with Crippen LogP contribution >= 0.6 is 15.9 Å². The van der Waals surface area contributed by atoms with E-state index in [0.717, 1.165) is 28.9 Å². The number of ether oxygens (including phenoxy) is 1. The second-order valence-corrected chi connectivity index (χ2v) is 6.73. The Kier molecular flexibility index (Phi) is 6.30. The van der Waals surface area contributed by atoms with Crippen molar-refractivity contribution in [3.05, 3.63) is 28.2 Å². The van der Waals surface area contributed by atoms with Gasteiger partial charge in [-0.2, -0.15) is 0 Å². The maximum atomic E-state index is 9.66. The van der Waals surface area contributed by atoms with Gasteiger partial charge in [0.2, 0.25) is 0 Å². The van der Waals surface area contributed by atoms with Crippen molar-refractivity contribution in [1.29, 1.82) is 0 Å². The van der Waals surface area contributed by atoms with Gasteiger partial charge in [0.1, 0.15) is 12.4 Å². The molecule has 0 heterocycles. The summed E-state index contributed by atoms with van der Waals surface area (Å²) in [4.78, 5) is 0. The van der Waals surface area contributed by atoms with Crippen molar-refractivity contribution in [3.63, 3.8) is 0 Å². The first-order valence-electron chi connectivity index (χ1n) is 6.62. The van der Waals surface area contributed by atoms with Gasteiger partial charge in [0.05, 0.1) is 5.60 Å². The molecule has 4 heteroatoms. The minimum absolute atomic E-state index is 0.285. The molecule has 0 atom stereocenters. The molecule has 3 nitrogen and oxygen atoms in total. The molecule has 0 bridgehead atoms. The van der Waals surface area contributed by atoms with Gasteiger partial charge in [-0.3, -0.25) is 0 Å². The van der Waals surface area contributed by atoms with E-state index < -0.39 is 5.60 Å². The van der Waals surface area contributed by atoms with Crippen LogP contribution in [0.15, 0.2) is 22.7 Å². The highest BCUT2D eigenvalue weighted by Crippen LogP contribution is 2.23. The molecule has 0 saturated heterocycles. The Morgan fingerprint density at radius 3 is 2.63 bits per heavy atom. The average Bonchev–Trinajstić information content (AvgIpc) is 2.28. The zero-order valence-corrected chi connectivity index (χ0v) is 13.8. The standard InChI is InChI=1S/C15H24BrNO2/c1-11(2)8-17-9-12-7-13(5-6-14(12)16)19-10-15(3,4)18/h5-7,11,17-18H,8-10H2,1-4H3. The smallest absolute Gasteiger partial charge is 0.119 e. The van der Waals surface area contributed by atoms with Crippen LogP contribution in [0.3, 0.4) is 0 Å². The lowest BCUT2D eigenvalue weighted by atomic mass is 10.1. The summed E-state index contributed by atoms with van der Waals surface area (Å²) < 4.78 is 6.66. The lowest BCUT2D eigenvalue weighted by molar-refractivity contribution is 0.0284. The normalized spacial score (nSPS) is 11.9. The van der Waals surface area contributed by atoms with E-state index in [2.05, 4.69) is 35.1 Å². The molecular formula is C15H24BrNO2. The fourth-order valence-corrected chi connectivity index (χ4v) is 1.92. The van der Waals surface area contributed by atoms with Crippen molar-refractivity contribution in [3.8, 4) is 5.75 Å². The van der Waals surface area contributed by atoms with Gasteiger partial charge in [0.15, 0.2) is 0 Å². The Labute approximate surface area is 124 Å². The van der Waals surface area contributed by atoms with Crippen molar-refractivity contribution in [2.45, 2.75) is 39.8 Å². The highest BCUT2D eigenvalue weighted by atomic mass is 79.9. The molecule has 0 aliphatic rings. The first-order valence-corrected chi connectivity index (χ1v) is 7.41. The molecule has 19 heavy (non-hydrogen) atoms. The third-order valence-electron chi connectivity index (χ3n) is 2.48. The zero-order chi connectivity index (χ0) is 14.5. The van der Waals surface area contributed by atoms with Crippen LogP contribution in [0, 0.1) is 5.92 Å². The molecular weight excluding hydrogens is 306 g/mol. The van der Waals surface area contributed by atoms with Crippen LogP contribution in [0.5, 0.6) is 5.75 Å². The number of aliphatic hydroxyl groups is 1. The fourth-order valence-electron chi connectivity index (χ4n) is 1.53. The quantitative estimate of drug-likeness (QED) is 0.806. The van der Waals surface area contributed by atoms with Gasteiger partial charge in [-0.1, -0.05) is 29.8 Å². The molecule has 0 aliphatic heterocycles. The molecule has 0 unspecified atom stereocenters. The second-order valence-electron chi connectivity index (χ2n) is 5.88. The van der Waals surface area contributed by atoms with E-state index in [0.29, 0.717) is 5.92 Å². The van der Waals surface area contributed by atoms with Crippen LogP contribution in [0.4, 0.5) is 0 Å². The van der Waals surface area contributed by atoms with E-state index >= 15 is 0 Å².